The molecule has 47 heavy (non-hydrogen) atoms. The number of nitrogens with one attached hydrogen (secondary N) is 2. The predicted octanol–water partition coefficient (Wildman–Crippen LogP) is 4.41. The van der Waals surface area contributed by atoms with E-state index in [1.807, 2.05) is 26.0 Å². The monoisotopic (exact) mass is 647 g/mol. The number of nitrogens with zero attached hydrogens (tertiary/aromatic N) is 3. The fourth-order valence-corrected chi connectivity index (χ4v) is 7.29. The molecule has 2 aromatic carbocycles. The van der Waals surface area contributed by atoms with Gasteiger partial charge in [-0.3, -0.25) is 24.1 Å². The maximum absolute atomic E-state index is 14.4. The van der Waals surface area contributed by atoms with E-state index in [9.17, 15) is 23.6 Å². The fraction of sp³-hybridized carbons (Fsp3) is 0.556. The minimum atomic E-state index is -0.935. The topological polar surface area (TPSA) is 111 Å². The first-order chi connectivity index (χ1) is 22.5. The van der Waals surface area contributed by atoms with Gasteiger partial charge >= 0.3 is 0 Å². The highest BCUT2D eigenvalue weighted by Crippen LogP contribution is 2.40. The molecule has 2 aromatic rings. The molecule has 2 N–H and O–H groups in total. The standard InChI is InChI=1S/C36H46FN5O5/c1-22(2)18-38-34(44)32-21-40(35(45)26-13-27(37)16-28(14-26)39-23(3)43)11-12-42(32)36(46)25-9-10-33(47-30-17-29-19-41(29)20-30)31(15-25)24-7-5-4-6-8-24/h9-10,13-16,22,24,29-30,32H,4-8,11-12,17-21H2,1-3H3,(H,38,44)(H,39,43)/t29?,30-,32?,41?/m0/s1. The molecule has 0 radical (unpaired) electrons. The van der Waals surface area contributed by atoms with E-state index in [1.165, 1.54) is 24.3 Å². The molecule has 11 heteroatoms. The van der Waals surface area contributed by atoms with Crippen LogP contribution in [0.2, 0.25) is 0 Å². The Kier molecular flexibility index (Phi) is 9.82. The van der Waals surface area contributed by atoms with E-state index in [0.29, 0.717) is 24.1 Å². The summed E-state index contributed by atoms with van der Waals surface area (Å²) in [6.45, 7) is 8.05. The summed E-state index contributed by atoms with van der Waals surface area (Å²) >= 11 is 0. The molecule has 6 rings (SSSR count). The van der Waals surface area contributed by atoms with Gasteiger partial charge in [0.05, 0.1) is 6.54 Å². The highest BCUT2D eigenvalue weighted by Gasteiger charge is 2.45. The number of piperazine rings is 1. The van der Waals surface area contributed by atoms with Gasteiger partial charge in [-0.1, -0.05) is 33.1 Å². The van der Waals surface area contributed by atoms with Gasteiger partial charge in [0.1, 0.15) is 23.7 Å². The summed E-state index contributed by atoms with van der Waals surface area (Å²) in [5.74, 6) is -0.774. The van der Waals surface area contributed by atoms with Gasteiger partial charge in [-0.25, -0.2) is 4.39 Å². The minimum absolute atomic E-state index is 0.0451. The van der Waals surface area contributed by atoms with Crippen LogP contribution in [0.25, 0.3) is 0 Å². The van der Waals surface area contributed by atoms with Crippen LogP contribution in [0.3, 0.4) is 0 Å². The van der Waals surface area contributed by atoms with Crippen molar-refractivity contribution in [3.8, 4) is 5.75 Å². The third-order valence-electron chi connectivity index (χ3n) is 9.78. The van der Waals surface area contributed by atoms with Crippen molar-refractivity contribution >= 4 is 29.3 Å². The smallest absolute Gasteiger partial charge is 0.254 e. The van der Waals surface area contributed by atoms with E-state index < -0.39 is 17.8 Å². The quantitative estimate of drug-likeness (QED) is 0.391. The SMILES string of the molecule is CC(=O)Nc1cc(F)cc(C(=O)N2CCN(C(=O)c3ccc(O[C@H]4CC5CN5C4)c(C4CCCCC4)c3)C(C(=O)NCC(C)C)C2)c1. The van der Waals surface area contributed by atoms with Crippen molar-refractivity contribution in [2.24, 2.45) is 5.92 Å². The Morgan fingerprint density at radius 3 is 2.43 bits per heavy atom. The van der Waals surface area contributed by atoms with Crippen LogP contribution in [-0.2, 0) is 9.59 Å². The lowest BCUT2D eigenvalue weighted by molar-refractivity contribution is -0.127. The van der Waals surface area contributed by atoms with Crippen molar-refractivity contribution in [1.82, 2.24) is 20.0 Å². The van der Waals surface area contributed by atoms with E-state index >= 15 is 0 Å². The third-order valence-corrected chi connectivity index (χ3v) is 9.78. The molecule has 1 aliphatic carbocycles. The molecule has 3 unspecified atom stereocenters. The van der Waals surface area contributed by atoms with E-state index in [4.69, 9.17) is 4.74 Å². The summed E-state index contributed by atoms with van der Waals surface area (Å²) in [5, 5.41) is 5.46. The molecule has 0 bridgehead atoms. The van der Waals surface area contributed by atoms with Crippen molar-refractivity contribution in [2.75, 3.05) is 44.6 Å². The van der Waals surface area contributed by atoms with Gasteiger partial charge in [-0.15, -0.1) is 0 Å². The highest BCUT2D eigenvalue weighted by atomic mass is 19.1. The first-order valence-electron chi connectivity index (χ1n) is 17.1. The second kappa shape index (κ2) is 14.0. The number of fused-ring (bicyclic) bond motifs is 1. The average molecular weight is 648 g/mol. The van der Waals surface area contributed by atoms with Crippen molar-refractivity contribution in [3.05, 3.63) is 58.9 Å². The van der Waals surface area contributed by atoms with Gasteiger partial charge in [0, 0.05) is 68.9 Å². The van der Waals surface area contributed by atoms with Crippen LogP contribution in [0, 0.1) is 11.7 Å². The van der Waals surface area contributed by atoms with Crippen molar-refractivity contribution in [1.29, 1.82) is 0 Å². The van der Waals surface area contributed by atoms with E-state index in [0.717, 1.165) is 68.6 Å². The summed E-state index contributed by atoms with van der Waals surface area (Å²) < 4.78 is 21.0. The summed E-state index contributed by atoms with van der Waals surface area (Å²) in [5.41, 5.74) is 1.80. The molecule has 4 atom stereocenters. The second-order valence-corrected chi connectivity index (χ2v) is 14.0. The minimum Gasteiger partial charge on any atom is -0.489 e. The number of hydrogen-bond acceptors (Lipinski definition) is 6. The molecular weight excluding hydrogens is 601 g/mol. The number of hydrogen-bond donors (Lipinski definition) is 2. The Balaban J connectivity index is 1.24. The summed E-state index contributed by atoms with van der Waals surface area (Å²) in [7, 11) is 0. The zero-order chi connectivity index (χ0) is 33.2. The molecule has 3 heterocycles. The van der Waals surface area contributed by atoms with Crippen LogP contribution in [0.1, 0.15) is 91.5 Å². The van der Waals surface area contributed by atoms with Crippen LogP contribution in [-0.4, -0.2) is 95.8 Å². The number of amides is 4. The number of carbonyl (C=O) groups excluding carboxylic acids is 4. The number of ether oxygens (including phenoxy) is 1. The van der Waals surface area contributed by atoms with Crippen molar-refractivity contribution in [2.45, 2.75) is 83.4 Å². The summed E-state index contributed by atoms with van der Waals surface area (Å²) in [6, 6.07) is 9.09. The predicted molar refractivity (Wildman–Crippen MR) is 176 cm³/mol. The van der Waals surface area contributed by atoms with E-state index in [2.05, 4.69) is 15.5 Å². The maximum Gasteiger partial charge on any atom is 0.254 e. The van der Waals surface area contributed by atoms with E-state index in [1.54, 1.807) is 11.0 Å². The van der Waals surface area contributed by atoms with Crippen molar-refractivity contribution in [3.63, 3.8) is 0 Å². The molecule has 0 aromatic heterocycles. The number of carbonyl (C=O) groups is 4. The number of anilines is 1. The molecule has 1 saturated carbocycles. The normalized spacial score (nSPS) is 24.1. The molecule has 10 nitrogen and oxygen atoms in total. The molecular formula is C36H46FN5O5. The fourth-order valence-electron chi connectivity index (χ4n) is 7.29. The van der Waals surface area contributed by atoms with Crippen molar-refractivity contribution < 1.29 is 28.3 Å². The van der Waals surface area contributed by atoms with Gasteiger partial charge in [0.2, 0.25) is 11.8 Å². The number of benzene rings is 2. The molecule has 4 aliphatic rings. The Hall–Kier alpha value is -3.99. The molecule has 4 amide bonds. The molecule has 252 valence electrons. The largest absolute Gasteiger partial charge is 0.489 e. The van der Waals surface area contributed by atoms with Crippen LogP contribution < -0.4 is 15.4 Å². The van der Waals surface area contributed by atoms with Crippen LogP contribution in [0.5, 0.6) is 5.75 Å². The molecule has 4 fully saturated rings. The van der Waals surface area contributed by atoms with E-state index in [-0.39, 0.29) is 60.6 Å². The first kappa shape index (κ1) is 32.9. The second-order valence-electron chi connectivity index (χ2n) is 14.0. The lowest BCUT2D eigenvalue weighted by Gasteiger charge is -2.41. The maximum atomic E-state index is 14.4. The molecule has 3 saturated heterocycles. The Morgan fingerprint density at radius 1 is 0.936 bits per heavy atom. The number of rotatable bonds is 9. The van der Waals surface area contributed by atoms with Gasteiger partial charge in [0.15, 0.2) is 0 Å². The van der Waals surface area contributed by atoms with Gasteiger partial charge in [0.25, 0.3) is 11.8 Å². The summed E-state index contributed by atoms with van der Waals surface area (Å²) in [6.07, 6.45) is 6.80. The Labute approximate surface area is 276 Å². The van der Waals surface area contributed by atoms with Crippen LogP contribution in [0.4, 0.5) is 10.1 Å². The molecule has 0 spiro atoms. The zero-order valence-corrected chi connectivity index (χ0v) is 27.6. The number of piperidine rings is 1. The van der Waals surface area contributed by atoms with Gasteiger partial charge in [-0.05, 0) is 66.6 Å². The highest BCUT2D eigenvalue weighted by molar-refractivity contribution is 6.00. The van der Waals surface area contributed by atoms with Crippen LogP contribution >= 0.6 is 0 Å². The van der Waals surface area contributed by atoms with Gasteiger partial charge < -0.3 is 25.2 Å². The molecule has 3 aliphatic heterocycles. The Morgan fingerprint density at radius 2 is 1.72 bits per heavy atom. The summed E-state index contributed by atoms with van der Waals surface area (Å²) in [4.78, 5) is 58.4. The zero-order valence-electron chi connectivity index (χ0n) is 27.6. The first-order valence-corrected chi connectivity index (χ1v) is 17.1. The Bertz CT molecular complexity index is 1520. The third kappa shape index (κ3) is 7.77. The van der Waals surface area contributed by atoms with Gasteiger partial charge in [-0.2, -0.15) is 0 Å². The average Bonchev–Trinajstić information content (AvgIpc) is 3.67. The lowest BCUT2D eigenvalue weighted by atomic mass is 9.83. The lowest BCUT2D eigenvalue weighted by Crippen LogP contribution is -2.61. The van der Waals surface area contributed by atoms with Crippen LogP contribution in [0.15, 0.2) is 36.4 Å². The number of halogens is 1.